The van der Waals surface area contributed by atoms with Gasteiger partial charge in [0.15, 0.2) is 0 Å². The molecule has 0 fully saturated rings. The summed E-state index contributed by atoms with van der Waals surface area (Å²) < 4.78 is 31.0. The van der Waals surface area contributed by atoms with E-state index in [0.29, 0.717) is 12.2 Å². The Hall–Kier alpha value is -1.38. The van der Waals surface area contributed by atoms with Crippen molar-refractivity contribution in [1.29, 1.82) is 0 Å². The Bertz CT molecular complexity index is 795. The van der Waals surface area contributed by atoms with E-state index in [2.05, 4.69) is 19.4 Å². The quantitative estimate of drug-likeness (QED) is 0.901. The number of nitrogens with zero attached hydrogens (tertiary/aromatic N) is 4. The predicted molar refractivity (Wildman–Crippen MR) is 82.2 cm³/mol. The van der Waals surface area contributed by atoms with E-state index in [1.807, 2.05) is 6.20 Å². The molecule has 3 heterocycles. The number of halogens is 1. The molecule has 2 aromatic rings. The van der Waals surface area contributed by atoms with Crippen molar-refractivity contribution < 1.29 is 8.42 Å². The number of imidazole rings is 1. The van der Waals surface area contributed by atoms with Crippen molar-refractivity contribution in [2.45, 2.75) is 31.2 Å². The van der Waals surface area contributed by atoms with Crippen LogP contribution in [0.1, 0.15) is 17.9 Å². The highest BCUT2D eigenvalue weighted by atomic mass is 35.5. The van der Waals surface area contributed by atoms with Crippen LogP contribution in [0.4, 0.5) is 0 Å². The molecule has 22 heavy (non-hydrogen) atoms. The third kappa shape index (κ3) is 2.78. The van der Waals surface area contributed by atoms with E-state index in [-0.39, 0.29) is 16.0 Å². The molecule has 0 saturated heterocycles. The number of hydrogen-bond donors (Lipinski definition) is 1. The molecule has 0 unspecified atom stereocenters. The van der Waals surface area contributed by atoms with Crippen molar-refractivity contribution >= 4 is 21.6 Å². The van der Waals surface area contributed by atoms with Crippen LogP contribution in [0.2, 0.25) is 5.15 Å². The van der Waals surface area contributed by atoms with Gasteiger partial charge in [-0.15, -0.1) is 0 Å². The van der Waals surface area contributed by atoms with Gasteiger partial charge in [0.25, 0.3) is 0 Å². The largest absolute Gasteiger partial charge is 0.335 e. The molecule has 0 saturated carbocycles. The minimum atomic E-state index is -3.66. The Morgan fingerprint density at radius 3 is 2.95 bits per heavy atom. The highest BCUT2D eigenvalue weighted by Crippen LogP contribution is 2.25. The third-order valence-electron chi connectivity index (χ3n) is 3.98. The Morgan fingerprint density at radius 2 is 2.27 bits per heavy atom. The molecule has 0 aromatic carbocycles. The normalized spacial score (nSPS) is 18.4. The second-order valence-electron chi connectivity index (χ2n) is 5.58. The van der Waals surface area contributed by atoms with Crippen LogP contribution in [-0.4, -0.2) is 34.3 Å². The Labute approximate surface area is 134 Å². The average Bonchev–Trinajstić information content (AvgIpc) is 3.01. The lowest BCUT2D eigenvalue weighted by atomic mass is 9.98. The maximum Gasteiger partial charge on any atom is 0.245 e. The standard InChI is InChI=1S/C13H18ClN5O2S/c1-9-12(13(14)18(2)17-9)22(20,21)16-8-10-3-5-19-6-4-15-11(19)7-10/h4,6,10,16H,3,5,7-8H2,1-2H3/t10-/m0/s1. The fraction of sp³-hybridized carbons (Fsp3) is 0.538. The van der Waals surface area contributed by atoms with Crippen LogP contribution < -0.4 is 4.72 Å². The fourth-order valence-electron chi connectivity index (χ4n) is 2.81. The summed E-state index contributed by atoms with van der Waals surface area (Å²) in [6.45, 7) is 2.88. The molecule has 7 nitrogen and oxygen atoms in total. The van der Waals surface area contributed by atoms with Gasteiger partial charge >= 0.3 is 0 Å². The van der Waals surface area contributed by atoms with E-state index < -0.39 is 10.0 Å². The summed E-state index contributed by atoms with van der Waals surface area (Å²) in [6, 6.07) is 0. The average molecular weight is 344 g/mol. The zero-order valence-corrected chi connectivity index (χ0v) is 14.0. The summed E-state index contributed by atoms with van der Waals surface area (Å²) in [7, 11) is -2.04. The van der Waals surface area contributed by atoms with Crippen LogP contribution in [-0.2, 0) is 30.0 Å². The summed E-state index contributed by atoms with van der Waals surface area (Å²) in [5.41, 5.74) is 0.402. The topological polar surface area (TPSA) is 81.8 Å². The zero-order valence-electron chi connectivity index (χ0n) is 12.5. The summed E-state index contributed by atoms with van der Waals surface area (Å²) in [5.74, 6) is 1.24. The zero-order chi connectivity index (χ0) is 15.9. The first-order valence-electron chi connectivity index (χ1n) is 7.07. The van der Waals surface area contributed by atoms with Crippen LogP contribution in [0.25, 0.3) is 0 Å². The Balaban J connectivity index is 1.71. The summed E-state index contributed by atoms with van der Waals surface area (Å²) in [4.78, 5) is 4.36. The number of rotatable bonds is 4. The van der Waals surface area contributed by atoms with Crippen LogP contribution in [0, 0.1) is 12.8 Å². The molecule has 0 aliphatic carbocycles. The molecule has 0 spiro atoms. The van der Waals surface area contributed by atoms with Gasteiger partial charge in [0.1, 0.15) is 15.9 Å². The van der Waals surface area contributed by atoms with E-state index in [4.69, 9.17) is 11.6 Å². The smallest absolute Gasteiger partial charge is 0.245 e. The van der Waals surface area contributed by atoms with Gasteiger partial charge in [0.2, 0.25) is 10.0 Å². The van der Waals surface area contributed by atoms with E-state index >= 15 is 0 Å². The Morgan fingerprint density at radius 1 is 1.50 bits per heavy atom. The lowest BCUT2D eigenvalue weighted by Gasteiger charge is -2.23. The second-order valence-corrected chi connectivity index (χ2v) is 7.64. The molecule has 0 radical (unpaired) electrons. The molecule has 3 rings (SSSR count). The van der Waals surface area contributed by atoms with Crippen molar-refractivity contribution in [2.75, 3.05) is 6.54 Å². The molecule has 1 aliphatic heterocycles. The SMILES string of the molecule is Cc1nn(C)c(Cl)c1S(=O)(=O)NC[C@H]1CCn2ccnc2C1. The molecule has 9 heteroatoms. The molecular weight excluding hydrogens is 326 g/mol. The van der Waals surface area contributed by atoms with E-state index in [1.54, 1.807) is 20.2 Å². The van der Waals surface area contributed by atoms with Crippen molar-refractivity contribution in [3.63, 3.8) is 0 Å². The highest BCUT2D eigenvalue weighted by Gasteiger charge is 2.27. The molecule has 2 aromatic heterocycles. The van der Waals surface area contributed by atoms with Crippen LogP contribution >= 0.6 is 11.6 Å². The van der Waals surface area contributed by atoms with Crippen molar-refractivity contribution in [3.05, 3.63) is 29.1 Å². The lowest BCUT2D eigenvalue weighted by Crippen LogP contribution is -2.33. The van der Waals surface area contributed by atoms with E-state index in [1.165, 1.54) is 4.68 Å². The molecule has 1 atom stereocenters. The van der Waals surface area contributed by atoms with E-state index in [9.17, 15) is 8.42 Å². The van der Waals surface area contributed by atoms with Gasteiger partial charge in [0, 0.05) is 39.0 Å². The van der Waals surface area contributed by atoms with E-state index in [0.717, 1.165) is 25.2 Å². The summed E-state index contributed by atoms with van der Waals surface area (Å²) >= 11 is 6.04. The number of aryl methyl sites for hydroxylation is 3. The maximum atomic E-state index is 12.5. The monoisotopic (exact) mass is 343 g/mol. The first kappa shape index (κ1) is 15.5. The predicted octanol–water partition coefficient (Wildman–Crippen LogP) is 1.12. The minimum absolute atomic E-state index is 0.0639. The molecule has 1 aliphatic rings. The Kier molecular flexibility index (Phi) is 4.00. The summed E-state index contributed by atoms with van der Waals surface area (Å²) in [6.07, 6.45) is 5.43. The fourth-order valence-corrected chi connectivity index (χ4v) is 4.67. The number of sulfonamides is 1. The first-order valence-corrected chi connectivity index (χ1v) is 8.93. The van der Waals surface area contributed by atoms with Crippen LogP contribution in [0.5, 0.6) is 0 Å². The van der Waals surface area contributed by atoms with Crippen molar-refractivity contribution in [2.24, 2.45) is 13.0 Å². The van der Waals surface area contributed by atoms with Gasteiger partial charge in [0.05, 0.1) is 5.69 Å². The van der Waals surface area contributed by atoms with Gasteiger partial charge in [-0.2, -0.15) is 5.10 Å². The maximum absolute atomic E-state index is 12.5. The second kappa shape index (κ2) is 5.68. The van der Waals surface area contributed by atoms with Crippen molar-refractivity contribution in [3.8, 4) is 0 Å². The number of hydrogen-bond acceptors (Lipinski definition) is 4. The number of aromatic nitrogens is 4. The van der Waals surface area contributed by atoms with Gasteiger partial charge in [-0.1, -0.05) is 11.6 Å². The number of nitrogens with one attached hydrogen (secondary N) is 1. The highest BCUT2D eigenvalue weighted by molar-refractivity contribution is 7.89. The van der Waals surface area contributed by atoms with Gasteiger partial charge in [-0.05, 0) is 19.3 Å². The summed E-state index contributed by atoms with van der Waals surface area (Å²) in [5, 5.41) is 4.18. The molecule has 0 bridgehead atoms. The van der Waals surface area contributed by atoms with Gasteiger partial charge < -0.3 is 4.57 Å². The lowest BCUT2D eigenvalue weighted by molar-refractivity contribution is 0.379. The molecule has 120 valence electrons. The van der Waals surface area contributed by atoms with Crippen molar-refractivity contribution in [1.82, 2.24) is 24.1 Å². The first-order chi connectivity index (χ1) is 10.4. The molecular formula is C13H18ClN5O2S. The molecule has 0 amide bonds. The third-order valence-corrected chi connectivity index (χ3v) is 6.10. The van der Waals surface area contributed by atoms with Gasteiger partial charge in [-0.25, -0.2) is 18.1 Å². The molecule has 1 N–H and O–H groups in total. The number of fused-ring (bicyclic) bond motifs is 1. The van der Waals surface area contributed by atoms with Crippen LogP contribution in [0.3, 0.4) is 0 Å². The minimum Gasteiger partial charge on any atom is -0.335 e. The van der Waals surface area contributed by atoms with Gasteiger partial charge in [-0.3, -0.25) is 4.68 Å². The van der Waals surface area contributed by atoms with Crippen LogP contribution in [0.15, 0.2) is 17.3 Å².